The highest BCUT2D eigenvalue weighted by Gasteiger charge is 2.20. The van der Waals surface area contributed by atoms with Crippen molar-refractivity contribution in [2.45, 2.75) is 32.6 Å². The van der Waals surface area contributed by atoms with E-state index in [0.717, 1.165) is 18.9 Å². The maximum atomic E-state index is 11.2. The summed E-state index contributed by atoms with van der Waals surface area (Å²) in [4.78, 5) is 11.2. The van der Waals surface area contributed by atoms with Crippen LogP contribution in [0.15, 0.2) is 0 Å². The van der Waals surface area contributed by atoms with Crippen molar-refractivity contribution in [2.75, 3.05) is 13.1 Å². The first-order valence-electron chi connectivity index (χ1n) is 5.21. The van der Waals surface area contributed by atoms with Gasteiger partial charge in [0.2, 0.25) is 5.91 Å². The Kier molecular flexibility index (Phi) is 4.22. The van der Waals surface area contributed by atoms with Gasteiger partial charge in [-0.2, -0.15) is 0 Å². The van der Waals surface area contributed by atoms with E-state index >= 15 is 0 Å². The summed E-state index contributed by atoms with van der Waals surface area (Å²) in [5.74, 6) is 1.02. The summed E-state index contributed by atoms with van der Waals surface area (Å²) in [7, 11) is 0. The summed E-state index contributed by atoms with van der Waals surface area (Å²) >= 11 is 0. The molecule has 0 radical (unpaired) electrons. The van der Waals surface area contributed by atoms with Crippen molar-refractivity contribution in [2.24, 2.45) is 17.6 Å². The third-order valence-electron chi connectivity index (χ3n) is 2.59. The second-order valence-electron chi connectivity index (χ2n) is 4.01. The maximum Gasteiger partial charge on any atom is 0.224 e. The first-order valence-corrected chi connectivity index (χ1v) is 5.21. The molecule has 0 aromatic heterocycles. The van der Waals surface area contributed by atoms with Gasteiger partial charge in [-0.15, -0.1) is 0 Å². The Labute approximate surface area is 80.1 Å². The molecule has 0 spiro atoms. The lowest BCUT2D eigenvalue weighted by Crippen LogP contribution is -2.33. The van der Waals surface area contributed by atoms with E-state index in [-0.39, 0.29) is 11.8 Å². The molecule has 0 aliphatic heterocycles. The van der Waals surface area contributed by atoms with E-state index < -0.39 is 0 Å². The average molecular weight is 184 g/mol. The average Bonchev–Trinajstić information content (AvgIpc) is 2.94. The minimum absolute atomic E-state index is 0.0408. The van der Waals surface area contributed by atoms with E-state index in [1.54, 1.807) is 0 Å². The smallest absolute Gasteiger partial charge is 0.224 e. The highest BCUT2D eigenvalue weighted by Crippen LogP contribution is 2.33. The topological polar surface area (TPSA) is 55.1 Å². The molecular weight excluding hydrogens is 164 g/mol. The molecule has 0 aromatic rings. The standard InChI is InChI=1S/C10H20N2O/c1-8(7-11)10(13)12-6-2-3-9-4-5-9/h8-9H,2-7,11H2,1H3,(H,12,13). The summed E-state index contributed by atoms with van der Waals surface area (Å²) in [6.45, 7) is 3.12. The molecule has 1 aliphatic carbocycles. The van der Waals surface area contributed by atoms with Crippen LogP contribution in [0.5, 0.6) is 0 Å². The third-order valence-corrected chi connectivity index (χ3v) is 2.59. The van der Waals surface area contributed by atoms with Crippen molar-refractivity contribution in [1.82, 2.24) is 5.32 Å². The molecule has 3 nitrogen and oxygen atoms in total. The fraction of sp³-hybridized carbons (Fsp3) is 0.900. The van der Waals surface area contributed by atoms with Gasteiger partial charge in [0.1, 0.15) is 0 Å². The van der Waals surface area contributed by atoms with Gasteiger partial charge >= 0.3 is 0 Å². The highest BCUT2D eigenvalue weighted by molar-refractivity contribution is 5.78. The van der Waals surface area contributed by atoms with Crippen molar-refractivity contribution < 1.29 is 4.79 Å². The third kappa shape index (κ3) is 4.27. The van der Waals surface area contributed by atoms with E-state index in [2.05, 4.69) is 5.32 Å². The fourth-order valence-corrected chi connectivity index (χ4v) is 1.29. The number of rotatable bonds is 6. The zero-order valence-electron chi connectivity index (χ0n) is 8.38. The summed E-state index contributed by atoms with van der Waals surface area (Å²) < 4.78 is 0. The van der Waals surface area contributed by atoms with Gasteiger partial charge in [-0.05, 0) is 18.8 Å². The van der Waals surface area contributed by atoms with Crippen LogP contribution in [-0.2, 0) is 4.79 Å². The molecule has 0 aromatic carbocycles. The summed E-state index contributed by atoms with van der Waals surface area (Å²) in [5, 5.41) is 2.90. The molecule has 3 heteroatoms. The second kappa shape index (κ2) is 5.22. The largest absolute Gasteiger partial charge is 0.356 e. The van der Waals surface area contributed by atoms with Crippen LogP contribution in [0.1, 0.15) is 32.6 Å². The predicted octanol–water partition coefficient (Wildman–Crippen LogP) is 0.888. The van der Waals surface area contributed by atoms with E-state index in [9.17, 15) is 4.79 Å². The molecule has 1 rings (SSSR count). The molecule has 1 atom stereocenters. The molecule has 1 amide bonds. The first kappa shape index (κ1) is 10.5. The second-order valence-corrected chi connectivity index (χ2v) is 4.01. The minimum Gasteiger partial charge on any atom is -0.356 e. The number of carbonyl (C=O) groups is 1. The number of hydrogen-bond acceptors (Lipinski definition) is 2. The monoisotopic (exact) mass is 184 g/mol. The molecule has 0 saturated heterocycles. The van der Waals surface area contributed by atoms with Gasteiger partial charge in [-0.1, -0.05) is 19.8 Å². The van der Waals surface area contributed by atoms with Crippen molar-refractivity contribution >= 4 is 5.91 Å². The summed E-state index contributed by atoms with van der Waals surface area (Å²) in [6.07, 6.45) is 5.19. The molecule has 13 heavy (non-hydrogen) atoms. The lowest BCUT2D eigenvalue weighted by molar-refractivity contribution is -0.124. The van der Waals surface area contributed by atoms with E-state index in [0.29, 0.717) is 6.54 Å². The minimum atomic E-state index is -0.0408. The van der Waals surface area contributed by atoms with Gasteiger partial charge in [-0.3, -0.25) is 4.79 Å². The molecule has 3 N–H and O–H groups in total. The van der Waals surface area contributed by atoms with Crippen molar-refractivity contribution in [3.8, 4) is 0 Å². The van der Waals surface area contributed by atoms with Gasteiger partial charge < -0.3 is 11.1 Å². The Balaban J connectivity index is 1.94. The highest BCUT2D eigenvalue weighted by atomic mass is 16.1. The van der Waals surface area contributed by atoms with Gasteiger partial charge in [0, 0.05) is 19.0 Å². The molecule has 1 saturated carbocycles. The van der Waals surface area contributed by atoms with Crippen molar-refractivity contribution in [3.05, 3.63) is 0 Å². The van der Waals surface area contributed by atoms with Crippen LogP contribution < -0.4 is 11.1 Å². The lowest BCUT2D eigenvalue weighted by atomic mass is 10.1. The molecule has 1 fully saturated rings. The quantitative estimate of drug-likeness (QED) is 0.602. The molecule has 0 bridgehead atoms. The number of amides is 1. The first-order chi connectivity index (χ1) is 6.24. The molecule has 1 unspecified atom stereocenters. The Morgan fingerprint density at radius 1 is 1.62 bits per heavy atom. The van der Waals surface area contributed by atoms with Crippen LogP contribution >= 0.6 is 0 Å². The summed E-state index contributed by atoms with van der Waals surface area (Å²) in [5.41, 5.74) is 5.37. The van der Waals surface area contributed by atoms with E-state index in [4.69, 9.17) is 5.73 Å². The predicted molar refractivity (Wildman–Crippen MR) is 53.2 cm³/mol. The van der Waals surface area contributed by atoms with Gasteiger partial charge in [0.25, 0.3) is 0 Å². The fourth-order valence-electron chi connectivity index (χ4n) is 1.29. The SMILES string of the molecule is CC(CN)C(=O)NCCCC1CC1. The van der Waals surface area contributed by atoms with Crippen LogP contribution in [0.2, 0.25) is 0 Å². The Morgan fingerprint density at radius 3 is 2.85 bits per heavy atom. The number of nitrogens with two attached hydrogens (primary N) is 1. The molecular formula is C10H20N2O. The van der Waals surface area contributed by atoms with Gasteiger partial charge in [0.05, 0.1) is 0 Å². The van der Waals surface area contributed by atoms with Crippen LogP contribution in [0.25, 0.3) is 0 Å². The van der Waals surface area contributed by atoms with E-state index in [1.807, 2.05) is 6.92 Å². The van der Waals surface area contributed by atoms with Gasteiger partial charge in [-0.25, -0.2) is 0 Å². The zero-order valence-corrected chi connectivity index (χ0v) is 8.38. The lowest BCUT2D eigenvalue weighted by Gasteiger charge is -2.09. The van der Waals surface area contributed by atoms with Crippen molar-refractivity contribution in [3.63, 3.8) is 0 Å². The van der Waals surface area contributed by atoms with Crippen LogP contribution in [0, 0.1) is 11.8 Å². The van der Waals surface area contributed by atoms with Crippen LogP contribution in [0.3, 0.4) is 0 Å². The number of carbonyl (C=O) groups excluding carboxylic acids is 1. The normalized spacial score (nSPS) is 18.3. The molecule has 1 aliphatic rings. The molecule has 76 valence electrons. The van der Waals surface area contributed by atoms with E-state index in [1.165, 1.54) is 19.3 Å². The molecule has 0 heterocycles. The zero-order chi connectivity index (χ0) is 9.68. The Bertz CT molecular complexity index is 166. The Hall–Kier alpha value is -0.570. The number of hydrogen-bond donors (Lipinski definition) is 2. The maximum absolute atomic E-state index is 11.2. The van der Waals surface area contributed by atoms with Crippen LogP contribution in [0.4, 0.5) is 0 Å². The van der Waals surface area contributed by atoms with Gasteiger partial charge in [0.15, 0.2) is 0 Å². The summed E-state index contributed by atoms with van der Waals surface area (Å²) in [6, 6.07) is 0. The van der Waals surface area contributed by atoms with Crippen LogP contribution in [-0.4, -0.2) is 19.0 Å². The Morgan fingerprint density at radius 2 is 2.31 bits per heavy atom. The number of nitrogens with one attached hydrogen (secondary N) is 1. The van der Waals surface area contributed by atoms with Crippen molar-refractivity contribution in [1.29, 1.82) is 0 Å².